The lowest BCUT2D eigenvalue weighted by Crippen LogP contribution is -2.41. The molecule has 0 bridgehead atoms. The van der Waals surface area contributed by atoms with E-state index < -0.39 is 11.9 Å². The summed E-state index contributed by atoms with van der Waals surface area (Å²) in [5, 5.41) is 14.4. The van der Waals surface area contributed by atoms with Crippen LogP contribution < -0.4 is 10.6 Å². The van der Waals surface area contributed by atoms with E-state index in [1.54, 1.807) is 0 Å². The molecule has 0 aromatic heterocycles. The van der Waals surface area contributed by atoms with Crippen molar-refractivity contribution in [1.82, 2.24) is 10.6 Å². The van der Waals surface area contributed by atoms with Gasteiger partial charge in [0.25, 0.3) is 0 Å². The topological polar surface area (TPSA) is 87.7 Å². The van der Waals surface area contributed by atoms with Gasteiger partial charge in [-0.05, 0) is 18.3 Å². The quantitative estimate of drug-likeness (QED) is 0.540. The molecule has 0 radical (unpaired) electrons. The molecular weight excluding hydrogens is 272 g/mol. The van der Waals surface area contributed by atoms with Crippen LogP contribution in [0.5, 0.6) is 0 Å². The SMILES string of the molecule is CCCCOCCNC(=O)NCC(CC(C)(C)C)C(=O)O. The minimum Gasteiger partial charge on any atom is -0.481 e. The Morgan fingerprint density at radius 3 is 2.38 bits per heavy atom. The molecule has 1 unspecified atom stereocenters. The Labute approximate surface area is 127 Å². The van der Waals surface area contributed by atoms with Gasteiger partial charge in [0, 0.05) is 19.7 Å². The molecule has 0 aromatic carbocycles. The van der Waals surface area contributed by atoms with Gasteiger partial charge in [0.05, 0.1) is 12.5 Å². The van der Waals surface area contributed by atoms with Crippen LogP contribution >= 0.6 is 0 Å². The maximum absolute atomic E-state index is 11.6. The molecule has 0 heterocycles. The molecule has 21 heavy (non-hydrogen) atoms. The molecule has 0 rings (SSSR count). The van der Waals surface area contributed by atoms with Gasteiger partial charge in [-0.3, -0.25) is 4.79 Å². The lowest BCUT2D eigenvalue weighted by Gasteiger charge is -2.23. The second kappa shape index (κ2) is 10.4. The Bertz CT molecular complexity index is 313. The predicted molar refractivity (Wildman–Crippen MR) is 82.3 cm³/mol. The standard InChI is InChI=1S/C15H30N2O4/c1-5-6-8-21-9-7-16-14(20)17-11-12(13(18)19)10-15(2,3)4/h12H,5-11H2,1-4H3,(H,18,19)(H2,16,17,20). The number of nitrogens with one attached hydrogen (secondary N) is 2. The summed E-state index contributed by atoms with van der Waals surface area (Å²) in [5.41, 5.74) is -0.0890. The second-order valence-corrected chi connectivity index (χ2v) is 6.40. The van der Waals surface area contributed by atoms with E-state index in [9.17, 15) is 9.59 Å². The third-order valence-electron chi connectivity index (χ3n) is 2.89. The highest BCUT2D eigenvalue weighted by Gasteiger charge is 2.24. The Balaban J connectivity index is 3.85. The van der Waals surface area contributed by atoms with Crippen molar-refractivity contribution < 1.29 is 19.4 Å². The van der Waals surface area contributed by atoms with Gasteiger partial charge < -0.3 is 20.5 Å². The molecule has 0 aliphatic carbocycles. The van der Waals surface area contributed by atoms with Crippen molar-refractivity contribution >= 4 is 12.0 Å². The molecule has 0 spiro atoms. The fourth-order valence-electron chi connectivity index (χ4n) is 1.85. The van der Waals surface area contributed by atoms with Crippen LogP contribution in [0.4, 0.5) is 4.79 Å². The van der Waals surface area contributed by atoms with Crippen LogP contribution in [0.25, 0.3) is 0 Å². The highest BCUT2D eigenvalue weighted by Crippen LogP contribution is 2.24. The maximum Gasteiger partial charge on any atom is 0.314 e. The monoisotopic (exact) mass is 302 g/mol. The first kappa shape index (κ1) is 19.7. The number of unbranched alkanes of at least 4 members (excludes halogenated alkanes) is 1. The van der Waals surface area contributed by atoms with E-state index in [1.165, 1.54) is 0 Å². The van der Waals surface area contributed by atoms with Crippen LogP contribution in [0.2, 0.25) is 0 Å². The zero-order valence-electron chi connectivity index (χ0n) is 13.7. The van der Waals surface area contributed by atoms with Crippen LogP contribution in [-0.4, -0.2) is 43.4 Å². The number of hydrogen-bond donors (Lipinski definition) is 3. The largest absolute Gasteiger partial charge is 0.481 e. The summed E-state index contributed by atoms with van der Waals surface area (Å²) < 4.78 is 5.32. The van der Waals surface area contributed by atoms with Crippen molar-refractivity contribution in [2.75, 3.05) is 26.3 Å². The number of rotatable bonds is 10. The number of carboxylic acid groups (broad SMARTS) is 1. The molecule has 0 aromatic rings. The van der Waals surface area contributed by atoms with E-state index in [4.69, 9.17) is 9.84 Å². The molecule has 6 nitrogen and oxygen atoms in total. The number of carbonyl (C=O) groups is 2. The minimum absolute atomic E-state index is 0.0890. The van der Waals surface area contributed by atoms with E-state index in [2.05, 4.69) is 17.6 Å². The number of hydrogen-bond acceptors (Lipinski definition) is 3. The van der Waals surface area contributed by atoms with Crippen LogP contribution in [0.15, 0.2) is 0 Å². The molecule has 0 aliphatic rings. The van der Waals surface area contributed by atoms with E-state index in [-0.39, 0.29) is 18.0 Å². The van der Waals surface area contributed by atoms with Crippen molar-refractivity contribution in [2.45, 2.75) is 47.0 Å². The first-order valence-corrected chi connectivity index (χ1v) is 7.58. The van der Waals surface area contributed by atoms with Gasteiger partial charge in [-0.2, -0.15) is 0 Å². The first-order chi connectivity index (χ1) is 9.76. The van der Waals surface area contributed by atoms with Crippen LogP contribution in [0.1, 0.15) is 47.0 Å². The maximum atomic E-state index is 11.6. The van der Waals surface area contributed by atoms with Crippen LogP contribution in [0.3, 0.4) is 0 Å². The highest BCUT2D eigenvalue weighted by molar-refractivity contribution is 5.75. The van der Waals surface area contributed by atoms with E-state index in [0.717, 1.165) is 12.8 Å². The Morgan fingerprint density at radius 1 is 1.19 bits per heavy atom. The Morgan fingerprint density at radius 2 is 1.86 bits per heavy atom. The third kappa shape index (κ3) is 12.2. The number of carboxylic acids is 1. The normalized spacial score (nSPS) is 12.8. The molecule has 2 amide bonds. The molecular formula is C15H30N2O4. The summed E-state index contributed by atoms with van der Waals surface area (Å²) in [6.45, 7) is 9.77. The Kier molecular flexibility index (Phi) is 9.78. The summed E-state index contributed by atoms with van der Waals surface area (Å²) in [6.07, 6.45) is 2.61. The smallest absolute Gasteiger partial charge is 0.314 e. The summed E-state index contributed by atoms with van der Waals surface area (Å²) in [7, 11) is 0. The fraction of sp³-hybridized carbons (Fsp3) is 0.867. The van der Waals surface area contributed by atoms with Crippen molar-refractivity contribution in [2.24, 2.45) is 11.3 Å². The average molecular weight is 302 g/mol. The zero-order valence-corrected chi connectivity index (χ0v) is 13.7. The number of amides is 2. The van der Waals surface area contributed by atoms with Gasteiger partial charge in [0.15, 0.2) is 0 Å². The fourth-order valence-corrected chi connectivity index (χ4v) is 1.85. The molecule has 124 valence electrons. The van der Waals surface area contributed by atoms with Gasteiger partial charge in [0.2, 0.25) is 0 Å². The zero-order chi connectivity index (χ0) is 16.3. The van der Waals surface area contributed by atoms with Gasteiger partial charge >= 0.3 is 12.0 Å². The number of urea groups is 1. The van der Waals surface area contributed by atoms with Crippen molar-refractivity contribution in [3.05, 3.63) is 0 Å². The van der Waals surface area contributed by atoms with Crippen LogP contribution in [0, 0.1) is 11.3 Å². The molecule has 3 N–H and O–H groups in total. The van der Waals surface area contributed by atoms with E-state index >= 15 is 0 Å². The molecule has 0 saturated heterocycles. The van der Waals surface area contributed by atoms with E-state index in [0.29, 0.717) is 26.2 Å². The van der Waals surface area contributed by atoms with Crippen molar-refractivity contribution in [3.63, 3.8) is 0 Å². The number of carbonyl (C=O) groups excluding carboxylic acids is 1. The van der Waals surface area contributed by atoms with Crippen molar-refractivity contribution in [1.29, 1.82) is 0 Å². The van der Waals surface area contributed by atoms with Crippen molar-refractivity contribution in [3.8, 4) is 0 Å². The Hall–Kier alpha value is -1.30. The first-order valence-electron chi connectivity index (χ1n) is 7.58. The lowest BCUT2D eigenvalue weighted by atomic mass is 9.84. The summed E-state index contributed by atoms with van der Waals surface area (Å²) >= 11 is 0. The molecule has 6 heteroatoms. The summed E-state index contributed by atoms with van der Waals surface area (Å²) in [4.78, 5) is 22.7. The lowest BCUT2D eigenvalue weighted by molar-refractivity contribution is -0.142. The minimum atomic E-state index is -0.881. The van der Waals surface area contributed by atoms with E-state index in [1.807, 2.05) is 20.8 Å². The average Bonchev–Trinajstić information content (AvgIpc) is 2.37. The van der Waals surface area contributed by atoms with Crippen LogP contribution in [-0.2, 0) is 9.53 Å². The molecule has 0 fully saturated rings. The highest BCUT2D eigenvalue weighted by atomic mass is 16.5. The van der Waals surface area contributed by atoms with Gasteiger partial charge in [0.1, 0.15) is 0 Å². The molecule has 0 saturated carbocycles. The summed E-state index contributed by atoms with van der Waals surface area (Å²) in [5.74, 6) is -1.45. The second-order valence-electron chi connectivity index (χ2n) is 6.40. The number of aliphatic carboxylic acids is 1. The molecule has 1 atom stereocenters. The summed E-state index contributed by atoms with van der Waals surface area (Å²) in [6, 6.07) is -0.353. The van der Waals surface area contributed by atoms with Gasteiger partial charge in [-0.15, -0.1) is 0 Å². The van der Waals surface area contributed by atoms with Gasteiger partial charge in [-0.1, -0.05) is 34.1 Å². The third-order valence-corrected chi connectivity index (χ3v) is 2.89. The number of ether oxygens (including phenoxy) is 1. The van der Waals surface area contributed by atoms with Gasteiger partial charge in [-0.25, -0.2) is 4.79 Å². The predicted octanol–water partition coefficient (Wildman–Crippen LogP) is 2.24. The molecule has 0 aliphatic heterocycles.